The minimum absolute atomic E-state index is 0.0291. The van der Waals surface area contributed by atoms with E-state index in [9.17, 15) is 14.7 Å². The van der Waals surface area contributed by atoms with Crippen molar-refractivity contribution in [2.75, 3.05) is 20.8 Å². The highest BCUT2D eigenvalue weighted by Gasteiger charge is 2.41. The van der Waals surface area contributed by atoms with Crippen LogP contribution in [-0.2, 0) is 20.7 Å². The number of aliphatic carboxylic acids is 1. The Morgan fingerprint density at radius 2 is 1.89 bits per heavy atom. The van der Waals surface area contributed by atoms with E-state index in [0.717, 1.165) is 11.1 Å². The number of carboxylic acids is 1. The summed E-state index contributed by atoms with van der Waals surface area (Å²) in [7, 11) is 3.11. The second-order valence-electron chi connectivity index (χ2n) is 7.30. The average molecular weight is 377 g/mol. The SMILES string of the molecule is COc1cc2c(cc1OC)C(CC(=O)O)N(C(=O)C1CC(C)OC1C)CC2. The Labute approximate surface area is 159 Å². The Kier molecular flexibility index (Phi) is 5.60. The summed E-state index contributed by atoms with van der Waals surface area (Å²) in [4.78, 5) is 26.5. The van der Waals surface area contributed by atoms with Gasteiger partial charge < -0.3 is 24.2 Å². The van der Waals surface area contributed by atoms with Gasteiger partial charge in [-0.25, -0.2) is 0 Å². The lowest BCUT2D eigenvalue weighted by Gasteiger charge is -2.38. The fraction of sp³-hybridized carbons (Fsp3) is 0.600. The number of rotatable bonds is 5. The molecular weight excluding hydrogens is 350 g/mol. The van der Waals surface area contributed by atoms with E-state index < -0.39 is 12.0 Å². The molecule has 27 heavy (non-hydrogen) atoms. The Bertz CT molecular complexity index is 733. The van der Waals surface area contributed by atoms with Crippen molar-refractivity contribution in [2.24, 2.45) is 5.92 Å². The molecule has 0 aromatic heterocycles. The molecular formula is C20H27NO6. The van der Waals surface area contributed by atoms with Crippen molar-refractivity contribution < 1.29 is 28.9 Å². The number of nitrogens with zero attached hydrogens (tertiary/aromatic N) is 1. The maximum absolute atomic E-state index is 13.2. The summed E-state index contributed by atoms with van der Waals surface area (Å²) in [6, 6.07) is 3.16. The van der Waals surface area contributed by atoms with Crippen LogP contribution >= 0.6 is 0 Å². The molecule has 4 unspecified atom stereocenters. The molecule has 2 heterocycles. The zero-order valence-corrected chi connectivity index (χ0v) is 16.2. The van der Waals surface area contributed by atoms with Gasteiger partial charge in [-0.2, -0.15) is 0 Å². The topological polar surface area (TPSA) is 85.3 Å². The first kappa shape index (κ1) is 19.5. The molecule has 0 aliphatic carbocycles. The van der Waals surface area contributed by atoms with Gasteiger partial charge in [0.1, 0.15) is 0 Å². The maximum atomic E-state index is 13.2. The summed E-state index contributed by atoms with van der Waals surface area (Å²) in [6.45, 7) is 4.35. The van der Waals surface area contributed by atoms with Gasteiger partial charge >= 0.3 is 5.97 Å². The Balaban J connectivity index is 1.97. The highest BCUT2D eigenvalue weighted by molar-refractivity contribution is 5.81. The lowest BCUT2D eigenvalue weighted by Crippen LogP contribution is -2.45. The number of ether oxygens (including phenoxy) is 3. The molecule has 3 rings (SSSR count). The van der Waals surface area contributed by atoms with Gasteiger partial charge in [-0.05, 0) is 49.9 Å². The van der Waals surface area contributed by atoms with Crippen LogP contribution in [0.2, 0.25) is 0 Å². The summed E-state index contributed by atoms with van der Waals surface area (Å²) in [5.41, 5.74) is 1.81. The second-order valence-corrected chi connectivity index (χ2v) is 7.30. The predicted octanol–water partition coefficient (Wildman–Crippen LogP) is 2.42. The number of carboxylic acid groups (broad SMARTS) is 1. The van der Waals surface area contributed by atoms with Crippen LogP contribution in [0.25, 0.3) is 0 Å². The number of benzene rings is 1. The Morgan fingerprint density at radius 1 is 1.22 bits per heavy atom. The first-order valence-electron chi connectivity index (χ1n) is 9.28. The van der Waals surface area contributed by atoms with Crippen LogP contribution in [0.3, 0.4) is 0 Å². The zero-order valence-electron chi connectivity index (χ0n) is 16.2. The van der Waals surface area contributed by atoms with Gasteiger partial charge in [0.2, 0.25) is 5.91 Å². The minimum atomic E-state index is -0.940. The number of fused-ring (bicyclic) bond motifs is 1. The number of carbonyl (C=O) groups excluding carboxylic acids is 1. The van der Waals surface area contributed by atoms with Crippen molar-refractivity contribution >= 4 is 11.9 Å². The van der Waals surface area contributed by atoms with E-state index in [1.165, 1.54) is 0 Å². The molecule has 1 aromatic rings. The summed E-state index contributed by atoms with van der Waals surface area (Å²) in [5, 5.41) is 9.46. The Morgan fingerprint density at radius 3 is 2.44 bits per heavy atom. The van der Waals surface area contributed by atoms with Crippen molar-refractivity contribution in [2.45, 2.75) is 51.4 Å². The quantitative estimate of drug-likeness (QED) is 0.848. The summed E-state index contributed by atoms with van der Waals surface area (Å²) in [5.74, 6) is -0.0649. The molecule has 4 atom stereocenters. The van der Waals surface area contributed by atoms with E-state index >= 15 is 0 Å². The van der Waals surface area contributed by atoms with E-state index in [-0.39, 0.29) is 30.5 Å². The molecule has 148 valence electrons. The van der Waals surface area contributed by atoms with Gasteiger partial charge in [0.15, 0.2) is 11.5 Å². The van der Waals surface area contributed by atoms with Crippen LogP contribution in [0, 0.1) is 5.92 Å². The molecule has 7 heteroatoms. The highest BCUT2D eigenvalue weighted by Crippen LogP contribution is 2.41. The third-order valence-corrected chi connectivity index (χ3v) is 5.57. The molecule has 0 radical (unpaired) electrons. The maximum Gasteiger partial charge on any atom is 0.305 e. The van der Waals surface area contributed by atoms with Crippen LogP contribution in [-0.4, -0.2) is 54.9 Å². The second kappa shape index (κ2) is 7.76. The smallest absolute Gasteiger partial charge is 0.305 e. The number of hydrogen-bond donors (Lipinski definition) is 1. The predicted molar refractivity (Wildman–Crippen MR) is 98.1 cm³/mol. The monoisotopic (exact) mass is 377 g/mol. The van der Waals surface area contributed by atoms with Crippen LogP contribution in [0.5, 0.6) is 11.5 Å². The number of methoxy groups -OCH3 is 2. The molecule has 7 nitrogen and oxygen atoms in total. The van der Waals surface area contributed by atoms with Crippen LogP contribution < -0.4 is 9.47 Å². The first-order valence-corrected chi connectivity index (χ1v) is 9.28. The largest absolute Gasteiger partial charge is 0.493 e. The third-order valence-electron chi connectivity index (χ3n) is 5.57. The molecule has 1 saturated heterocycles. The normalized spacial score (nSPS) is 27.2. The fourth-order valence-corrected chi connectivity index (χ4v) is 4.26. The zero-order chi connectivity index (χ0) is 19.7. The van der Waals surface area contributed by atoms with Crippen LogP contribution in [0.15, 0.2) is 12.1 Å². The molecule has 0 bridgehead atoms. The number of amides is 1. The minimum Gasteiger partial charge on any atom is -0.493 e. The number of hydrogen-bond acceptors (Lipinski definition) is 5. The summed E-state index contributed by atoms with van der Waals surface area (Å²) < 4.78 is 16.5. The molecule has 1 N–H and O–H groups in total. The van der Waals surface area contributed by atoms with E-state index in [2.05, 4.69) is 0 Å². The molecule has 2 aliphatic rings. The lowest BCUT2D eigenvalue weighted by atomic mass is 9.88. The molecule has 1 aromatic carbocycles. The van der Waals surface area contributed by atoms with E-state index in [4.69, 9.17) is 14.2 Å². The molecule has 1 fully saturated rings. The Hall–Kier alpha value is -2.28. The van der Waals surface area contributed by atoms with E-state index in [0.29, 0.717) is 30.9 Å². The molecule has 1 amide bonds. The van der Waals surface area contributed by atoms with Crippen molar-refractivity contribution in [3.8, 4) is 11.5 Å². The molecule has 0 saturated carbocycles. The van der Waals surface area contributed by atoms with Crippen molar-refractivity contribution in [3.05, 3.63) is 23.3 Å². The van der Waals surface area contributed by atoms with Crippen molar-refractivity contribution in [1.82, 2.24) is 4.90 Å². The van der Waals surface area contributed by atoms with Crippen LogP contribution in [0.4, 0.5) is 0 Å². The highest BCUT2D eigenvalue weighted by atomic mass is 16.5. The van der Waals surface area contributed by atoms with Gasteiger partial charge in [-0.3, -0.25) is 9.59 Å². The molecule has 0 spiro atoms. The van der Waals surface area contributed by atoms with E-state index in [1.807, 2.05) is 19.9 Å². The van der Waals surface area contributed by atoms with Gasteiger partial charge in [-0.15, -0.1) is 0 Å². The van der Waals surface area contributed by atoms with Crippen molar-refractivity contribution in [3.63, 3.8) is 0 Å². The van der Waals surface area contributed by atoms with Gasteiger partial charge in [-0.1, -0.05) is 0 Å². The standard InChI is InChI=1S/C20H27NO6/c1-11-7-14(12(2)27-11)20(24)21-6-5-13-8-17(25-3)18(26-4)9-15(13)16(21)10-19(22)23/h8-9,11-12,14,16H,5-7,10H2,1-4H3,(H,22,23). The first-order chi connectivity index (χ1) is 12.8. The van der Waals surface area contributed by atoms with E-state index in [1.54, 1.807) is 25.2 Å². The molecule has 2 aliphatic heterocycles. The summed E-state index contributed by atoms with van der Waals surface area (Å²) >= 11 is 0. The summed E-state index contributed by atoms with van der Waals surface area (Å²) in [6.07, 6.45) is 1.04. The average Bonchev–Trinajstić information content (AvgIpc) is 2.98. The lowest BCUT2D eigenvalue weighted by molar-refractivity contribution is -0.144. The number of carbonyl (C=O) groups is 2. The van der Waals surface area contributed by atoms with Gasteiger partial charge in [0.25, 0.3) is 0 Å². The van der Waals surface area contributed by atoms with Crippen LogP contribution in [0.1, 0.15) is 43.9 Å². The van der Waals surface area contributed by atoms with Gasteiger partial charge in [0, 0.05) is 6.54 Å². The van der Waals surface area contributed by atoms with Gasteiger partial charge in [0.05, 0.1) is 44.8 Å². The fourth-order valence-electron chi connectivity index (χ4n) is 4.26. The van der Waals surface area contributed by atoms with Crippen molar-refractivity contribution in [1.29, 1.82) is 0 Å². The third kappa shape index (κ3) is 3.74.